The van der Waals surface area contributed by atoms with Crippen molar-refractivity contribution in [3.63, 3.8) is 0 Å². The van der Waals surface area contributed by atoms with Gasteiger partial charge in [0.05, 0.1) is 6.10 Å². The molecule has 2 rings (SSSR count). The first-order valence-corrected chi connectivity index (χ1v) is 8.19. The molecule has 2 N–H and O–H groups in total. The van der Waals surface area contributed by atoms with Gasteiger partial charge in [0.25, 0.3) is 0 Å². The average molecular weight is 290 g/mol. The van der Waals surface area contributed by atoms with E-state index in [0.29, 0.717) is 30.7 Å². The number of methoxy groups -OCH3 is 1. The van der Waals surface area contributed by atoms with E-state index in [1.165, 1.54) is 12.0 Å². The second-order valence-electron chi connectivity index (χ2n) is 6.57. The van der Waals surface area contributed by atoms with Crippen molar-refractivity contribution in [2.45, 2.75) is 51.3 Å². The van der Waals surface area contributed by atoms with Crippen LogP contribution in [0.2, 0.25) is 0 Å². The molecule has 118 valence electrons. The normalized spacial score (nSPS) is 25.2. The second-order valence-corrected chi connectivity index (χ2v) is 6.57. The summed E-state index contributed by atoms with van der Waals surface area (Å²) in [5, 5.41) is 0. The second kappa shape index (κ2) is 7.92. The standard InChI is InChI=1S/C18H30N2O/c1-14(2)11-18(15-7-5-4-6-8-15)20-10-9-17(21-3)12-16(20)13-19/h4-8,14,16-18H,9-13,19H2,1-3H3. The van der Waals surface area contributed by atoms with Crippen molar-refractivity contribution in [1.29, 1.82) is 0 Å². The number of nitrogens with two attached hydrogens (primary N) is 1. The van der Waals surface area contributed by atoms with Gasteiger partial charge >= 0.3 is 0 Å². The summed E-state index contributed by atoms with van der Waals surface area (Å²) in [4.78, 5) is 2.62. The van der Waals surface area contributed by atoms with Gasteiger partial charge < -0.3 is 10.5 Å². The molecule has 0 bridgehead atoms. The minimum Gasteiger partial charge on any atom is -0.381 e. The molecule has 21 heavy (non-hydrogen) atoms. The third-order valence-corrected chi connectivity index (χ3v) is 4.60. The van der Waals surface area contributed by atoms with Crippen LogP contribution in [0.5, 0.6) is 0 Å². The van der Waals surface area contributed by atoms with Crippen molar-refractivity contribution in [3.8, 4) is 0 Å². The summed E-state index contributed by atoms with van der Waals surface area (Å²) in [7, 11) is 1.82. The molecule has 3 nitrogen and oxygen atoms in total. The summed E-state index contributed by atoms with van der Waals surface area (Å²) in [5.41, 5.74) is 7.48. The zero-order valence-electron chi connectivity index (χ0n) is 13.7. The highest BCUT2D eigenvalue weighted by Gasteiger charge is 2.33. The quantitative estimate of drug-likeness (QED) is 0.874. The Morgan fingerprint density at radius 1 is 1.29 bits per heavy atom. The van der Waals surface area contributed by atoms with Crippen LogP contribution in [-0.2, 0) is 4.74 Å². The first-order chi connectivity index (χ1) is 10.2. The molecule has 3 atom stereocenters. The fourth-order valence-corrected chi connectivity index (χ4v) is 3.47. The Morgan fingerprint density at radius 3 is 2.57 bits per heavy atom. The zero-order chi connectivity index (χ0) is 15.2. The first-order valence-electron chi connectivity index (χ1n) is 8.19. The SMILES string of the molecule is COC1CCN(C(CC(C)C)c2ccccc2)C(CN)C1. The molecule has 0 saturated carbocycles. The van der Waals surface area contributed by atoms with Gasteiger partial charge in [0, 0.05) is 32.3 Å². The summed E-state index contributed by atoms with van der Waals surface area (Å²) < 4.78 is 5.56. The lowest BCUT2D eigenvalue weighted by atomic mass is 9.90. The van der Waals surface area contributed by atoms with E-state index in [0.717, 1.165) is 19.4 Å². The number of likely N-dealkylation sites (tertiary alicyclic amines) is 1. The van der Waals surface area contributed by atoms with Crippen LogP contribution < -0.4 is 5.73 Å². The molecule has 1 aliphatic heterocycles. The van der Waals surface area contributed by atoms with E-state index in [2.05, 4.69) is 49.1 Å². The van der Waals surface area contributed by atoms with Crippen LogP contribution in [-0.4, -0.2) is 37.2 Å². The molecular weight excluding hydrogens is 260 g/mol. The molecule has 1 aliphatic rings. The fraction of sp³-hybridized carbons (Fsp3) is 0.667. The van der Waals surface area contributed by atoms with Crippen LogP contribution in [0.1, 0.15) is 44.7 Å². The van der Waals surface area contributed by atoms with Crippen molar-refractivity contribution in [1.82, 2.24) is 4.90 Å². The predicted octanol–water partition coefficient (Wildman–Crippen LogP) is 3.21. The van der Waals surface area contributed by atoms with Gasteiger partial charge in [-0.3, -0.25) is 4.90 Å². The largest absolute Gasteiger partial charge is 0.381 e. The highest BCUT2D eigenvalue weighted by atomic mass is 16.5. The third-order valence-electron chi connectivity index (χ3n) is 4.60. The maximum Gasteiger partial charge on any atom is 0.0599 e. The van der Waals surface area contributed by atoms with Crippen LogP contribution in [0.25, 0.3) is 0 Å². The van der Waals surface area contributed by atoms with Gasteiger partial charge in [-0.1, -0.05) is 44.2 Å². The molecule has 0 radical (unpaired) electrons. The number of hydrogen-bond acceptors (Lipinski definition) is 3. The van der Waals surface area contributed by atoms with E-state index in [1.54, 1.807) is 0 Å². The van der Waals surface area contributed by atoms with Gasteiger partial charge in [0.1, 0.15) is 0 Å². The topological polar surface area (TPSA) is 38.5 Å². The zero-order valence-corrected chi connectivity index (χ0v) is 13.7. The predicted molar refractivity (Wildman–Crippen MR) is 88.2 cm³/mol. The molecule has 3 heteroatoms. The van der Waals surface area contributed by atoms with E-state index < -0.39 is 0 Å². The molecule has 0 aromatic heterocycles. The molecule has 1 heterocycles. The summed E-state index contributed by atoms with van der Waals surface area (Å²) in [6.07, 6.45) is 3.70. The Balaban J connectivity index is 2.19. The maximum absolute atomic E-state index is 6.06. The van der Waals surface area contributed by atoms with Crippen molar-refractivity contribution < 1.29 is 4.74 Å². The number of ether oxygens (including phenoxy) is 1. The fourth-order valence-electron chi connectivity index (χ4n) is 3.47. The molecular formula is C18H30N2O. The van der Waals surface area contributed by atoms with Crippen LogP contribution in [0.15, 0.2) is 30.3 Å². The first kappa shape index (κ1) is 16.5. The van der Waals surface area contributed by atoms with E-state index in [9.17, 15) is 0 Å². The Bertz CT molecular complexity index is 407. The molecule has 0 amide bonds. The van der Waals surface area contributed by atoms with Crippen LogP contribution in [0, 0.1) is 5.92 Å². The highest BCUT2D eigenvalue weighted by Crippen LogP contribution is 2.33. The monoisotopic (exact) mass is 290 g/mol. The maximum atomic E-state index is 6.06. The number of nitrogens with zero attached hydrogens (tertiary/aromatic N) is 1. The van der Waals surface area contributed by atoms with Crippen molar-refractivity contribution in [2.75, 3.05) is 20.2 Å². The van der Waals surface area contributed by atoms with Crippen molar-refractivity contribution >= 4 is 0 Å². The summed E-state index contributed by atoms with van der Waals surface area (Å²) in [6.45, 7) is 6.39. The van der Waals surface area contributed by atoms with E-state index in [1.807, 2.05) is 7.11 Å². The third kappa shape index (κ3) is 4.29. The van der Waals surface area contributed by atoms with Gasteiger partial charge in [-0.2, -0.15) is 0 Å². The average Bonchev–Trinajstić information content (AvgIpc) is 2.52. The van der Waals surface area contributed by atoms with Crippen LogP contribution >= 0.6 is 0 Å². The van der Waals surface area contributed by atoms with Crippen molar-refractivity contribution in [3.05, 3.63) is 35.9 Å². The highest BCUT2D eigenvalue weighted by molar-refractivity contribution is 5.19. The van der Waals surface area contributed by atoms with Crippen molar-refractivity contribution in [2.24, 2.45) is 11.7 Å². The van der Waals surface area contributed by atoms with Gasteiger partial charge in [-0.15, -0.1) is 0 Å². The summed E-state index contributed by atoms with van der Waals surface area (Å²) in [6, 6.07) is 11.8. The van der Waals surface area contributed by atoms with Gasteiger partial charge in [-0.25, -0.2) is 0 Å². The number of piperidine rings is 1. The molecule has 1 aromatic carbocycles. The van der Waals surface area contributed by atoms with Gasteiger partial charge in [-0.05, 0) is 30.7 Å². The molecule has 1 saturated heterocycles. The molecule has 1 fully saturated rings. The summed E-state index contributed by atoms with van der Waals surface area (Å²) in [5.74, 6) is 0.675. The molecule has 1 aromatic rings. The minimum atomic E-state index is 0.366. The number of hydrogen-bond donors (Lipinski definition) is 1. The molecule has 3 unspecified atom stereocenters. The molecule has 0 aliphatic carbocycles. The lowest BCUT2D eigenvalue weighted by Gasteiger charge is -2.44. The van der Waals surface area contributed by atoms with Gasteiger partial charge in [0.2, 0.25) is 0 Å². The Labute approximate surface area is 129 Å². The number of benzene rings is 1. The lowest BCUT2D eigenvalue weighted by Crippen LogP contribution is -2.50. The lowest BCUT2D eigenvalue weighted by molar-refractivity contribution is -0.00848. The van der Waals surface area contributed by atoms with E-state index >= 15 is 0 Å². The summed E-state index contributed by atoms with van der Waals surface area (Å²) >= 11 is 0. The van der Waals surface area contributed by atoms with E-state index in [4.69, 9.17) is 10.5 Å². The Hall–Kier alpha value is -0.900. The Morgan fingerprint density at radius 2 is 2.00 bits per heavy atom. The smallest absolute Gasteiger partial charge is 0.0599 e. The minimum absolute atomic E-state index is 0.366. The number of rotatable bonds is 6. The van der Waals surface area contributed by atoms with Crippen LogP contribution in [0.4, 0.5) is 0 Å². The molecule has 0 spiro atoms. The van der Waals surface area contributed by atoms with Gasteiger partial charge in [0.15, 0.2) is 0 Å². The van der Waals surface area contributed by atoms with Crippen LogP contribution in [0.3, 0.4) is 0 Å². The van der Waals surface area contributed by atoms with E-state index in [-0.39, 0.29) is 0 Å². The Kier molecular flexibility index (Phi) is 6.22.